The lowest BCUT2D eigenvalue weighted by atomic mass is 10.1. The molecule has 3 N–H and O–H groups in total. The molecule has 2 rings (SSSR count). The van der Waals surface area contributed by atoms with Crippen molar-refractivity contribution in [2.24, 2.45) is 5.73 Å². The zero-order valence-electron chi connectivity index (χ0n) is 8.40. The molecule has 0 atom stereocenters. The first kappa shape index (κ1) is 9.99. The molecule has 0 spiro atoms. The van der Waals surface area contributed by atoms with Crippen LogP contribution in [0.1, 0.15) is 5.56 Å². The largest absolute Gasteiger partial charge is 0.359 e. The Balaban J connectivity index is 2.24. The minimum absolute atomic E-state index is 0.627. The van der Waals surface area contributed by atoms with E-state index in [-0.39, 0.29) is 0 Å². The van der Waals surface area contributed by atoms with Gasteiger partial charge in [-0.15, -0.1) is 0 Å². The maximum absolute atomic E-state index is 10.5. The monoisotopic (exact) mass is 211 g/mol. The molecule has 78 valence electrons. The fraction of sp³-hybridized carbons (Fsp3) is 0. The number of rotatable bonds is 1. The third kappa shape index (κ3) is 2.28. The maximum Gasteiger partial charge on any atom is 0.293 e. The van der Waals surface area contributed by atoms with Crippen molar-refractivity contribution >= 4 is 5.91 Å². The van der Waals surface area contributed by atoms with E-state index in [0.717, 1.165) is 16.8 Å². The van der Waals surface area contributed by atoms with Gasteiger partial charge in [-0.1, -0.05) is 18.1 Å². The van der Waals surface area contributed by atoms with Crippen molar-refractivity contribution in [1.29, 1.82) is 0 Å². The molecule has 0 aliphatic carbocycles. The average molecular weight is 211 g/mol. The molecular weight excluding hydrogens is 202 g/mol. The van der Waals surface area contributed by atoms with Crippen molar-refractivity contribution in [2.75, 3.05) is 0 Å². The molecule has 1 amide bonds. The van der Waals surface area contributed by atoms with E-state index >= 15 is 0 Å². The Bertz CT molecular complexity index is 544. The number of carbonyl (C=O) groups excluding carboxylic acids is 1. The SMILES string of the molecule is NC(=O)C#Cc1ccc(-c2ccn[nH]2)cc1. The molecule has 2 aromatic rings. The van der Waals surface area contributed by atoms with Gasteiger partial charge in [0, 0.05) is 11.8 Å². The topological polar surface area (TPSA) is 71.8 Å². The Morgan fingerprint density at radius 3 is 2.56 bits per heavy atom. The highest BCUT2D eigenvalue weighted by Gasteiger charge is 1.97. The highest BCUT2D eigenvalue weighted by molar-refractivity contribution is 5.92. The zero-order chi connectivity index (χ0) is 11.4. The molecule has 0 aliphatic rings. The molecule has 0 aliphatic heterocycles. The van der Waals surface area contributed by atoms with Crippen LogP contribution in [0.5, 0.6) is 0 Å². The molecule has 0 saturated heterocycles. The van der Waals surface area contributed by atoms with Crippen LogP contribution in [0.15, 0.2) is 36.5 Å². The minimum Gasteiger partial charge on any atom is -0.359 e. The molecule has 4 nitrogen and oxygen atoms in total. The van der Waals surface area contributed by atoms with Crippen LogP contribution in [0.4, 0.5) is 0 Å². The molecule has 4 heteroatoms. The number of aromatic amines is 1. The van der Waals surface area contributed by atoms with Gasteiger partial charge in [0.2, 0.25) is 0 Å². The van der Waals surface area contributed by atoms with Gasteiger partial charge in [-0.3, -0.25) is 9.89 Å². The summed E-state index contributed by atoms with van der Waals surface area (Å²) in [6.07, 6.45) is 1.69. The number of H-pyrrole nitrogens is 1. The number of primary amides is 1. The number of aromatic nitrogens is 2. The van der Waals surface area contributed by atoms with Crippen LogP contribution in [-0.2, 0) is 4.79 Å². The van der Waals surface area contributed by atoms with Gasteiger partial charge in [-0.05, 0) is 29.7 Å². The van der Waals surface area contributed by atoms with Crippen molar-refractivity contribution in [3.8, 4) is 23.1 Å². The summed E-state index contributed by atoms with van der Waals surface area (Å²) in [4.78, 5) is 10.5. The van der Waals surface area contributed by atoms with E-state index in [9.17, 15) is 4.79 Å². The molecule has 0 radical (unpaired) electrons. The molecule has 1 aromatic carbocycles. The lowest BCUT2D eigenvalue weighted by molar-refractivity contribution is -0.112. The second-order valence-electron chi connectivity index (χ2n) is 3.16. The molecule has 1 aromatic heterocycles. The van der Waals surface area contributed by atoms with Gasteiger partial charge in [0.25, 0.3) is 5.91 Å². The van der Waals surface area contributed by atoms with Gasteiger partial charge < -0.3 is 5.73 Å². The van der Waals surface area contributed by atoms with E-state index in [1.54, 1.807) is 6.20 Å². The van der Waals surface area contributed by atoms with Crippen LogP contribution < -0.4 is 5.73 Å². The van der Waals surface area contributed by atoms with Crippen LogP contribution in [0.3, 0.4) is 0 Å². The van der Waals surface area contributed by atoms with E-state index in [1.807, 2.05) is 30.3 Å². The first-order valence-electron chi connectivity index (χ1n) is 4.67. The highest BCUT2D eigenvalue weighted by atomic mass is 16.1. The lowest BCUT2D eigenvalue weighted by Gasteiger charge is -1.96. The van der Waals surface area contributed by atoms with Crippen molar-refractivity contribution in [3.05, 3.63) is 42.1 Å². The van der Waals surface area contributed by atoms with Gasteiger partial charge in [-0.2, -0.15) is 5.10 Å². The van der Waals surface area contributed by atoms with E-state index in [2.05, 4.69) is 22.0 Å². The fourth-order valence-corrected chi connectivity index (χ4v) is 1.28. The van der Waals surface area contributed by atoms with Gasteiger partial charge >= 0.3 is 0 Å². The molecule has 1 heterocycles. The molecule has 0 saturated carbocycles. The van der Waals surface area contributed by atoms with E-state index in [4.69, 9.17) is 5.73 Å². The number of carbonyl (C=O) groups is 1. The van der Waals surface area contributed by atoms with Crippen molar-refractivity contribution in [3.63, 3.8) is 0 Å². The minimum atomic E-state index is -0.627. The summed E-state index contributed by atoms with van der Waals surface area (Å²) in [5.74, 6) is 4.32. The zero-order valence-corrected chi connectivity index (χ0v) is 8.40. The predicted octanol–water partition coefficient (Wildman–Crippen LogP) is 0.914. The Labute approximate surface area is 92.5 Å². The standard InChI is InChI=1S/C12H9N3O/c13-12(16)6-3-9-1-4-10(5-2-9)11-7-8-14-15-11/h1-2,4-5,7-8H,(H2,13,16)(H,14,15). The summed E-state index contributed by atoms with van der Waals surface area (Å²) >= 11 is 0. The normalized spacial score (nSPS) is 9.25. The first-order valence-corrected chi connectivity index (χ1v) is 4.67. The summed E-state index contributed by atoms with van der Waals surface area (Å²) < 4.78 is 0. The Morgan fingerprint density at radius 2 is 2.00 bits per heavy atom. The van der Waals surface area contributed by atoms with Crippen molar-refractivity contribution < 1.29 is 4.79 Å². The van der Waals surface area contributed by atoms with E-state index in [0.29, 0.717) is 0 Å². The molecular formula is C12H9N3O. The third-order valence-electron chi connectivity index (χ3n) is 2.03. The highest BCUT2D eigenvalue weighted by Crippen LogP contribution is 2.15. The van der Waals surface area contributed by atoms with Crippen molar-refractivity contribution in [1.82, 2.24) is 10.2 Å². The second-order valence-corrected chi connectivity index (χ2v) is 3.16. The summed E-state index contributed by atoms with van der Waals surface area (Å²) in [7, 11) is 0. The van der Waals surface area contributed by atoms with Gasteiger partial charge in [0.15, 0.2) is 0 Å². The van der Waals surface area contributed by atoms with Crippen LogP contribution in [0, 0.1) is 11.8 Å². The van der Waals surface area contributed by atoms with E-state index < -0.39 is 5.91 Å². The number of hydrogen-bond donors (Lipinski definition) is 2. The summed E-state index contributed by atoms with van der Waals surface area (Å²) in [6.45, 7) is 0. The Morgan fingerprint density at radius 1 is 1.25 bits per heavy atom. The smallest absolute Gasteiger partial charge is 0.293 e. The number of benzene rings is 1. The molecule has 0 fully saturated rings. The van der Waals surface area contributed by atoms with E-state index in [1.165, 1.54) is 0 Å². The maximum atomic E-state index is 10.5. The van der Waals surface area contributed by atoms with Crippen LogP contribution in [0.25, 0.3) is 11.3 Å². The lowest BCUT2D eigenvalue weighted by Crippen LogP contribution is -2.06. The number of hydrogen-bond acceptors (Lipinski definition) is 2. The summed E-state index contributed by atoms with van der Waals surface area (Å²) in [5.41, 5.74) is 7.63. The van der Waals surface area contributed by atoms with Gasteiger partial charge in [-0.25, -0.2) is 0 Å². The molecule has 0 bridgehead atoms. The van der Waals surface area contributed by atoms with Crippen LogP contribution >= 0.6 is 0 Å². The second kappa shape index (κ2) is 4.32. The van der Waals surface area contributed by atoms with Crippen molar-refractivity contribution in [2.45, 2.75) is 0 Å². The molecule has 16 heavy (non-hydrogen) atoms. The van der Waals surface area contributed by atoms with Crippen LogP contribution in [0.2, 0.25) is 0 Å². The number of nitrogens with two attached hydrogens (primary N) is 1. The van der Waals surface area contributed by atoms with Gasteiger partial charge in [0.05, 0.1) is 5.69 Å². The summed E-state index contributed by atoms with van der Waals surface area (Å²) in [5, 5.41) is 6.73. The first-order chi connectivity index (χ1) is 7.75. The molecule has 0 unspecified atom stereocenters. The summed E-state index contributed by atoms with van der Waals surface area (Å²) in [6, 6.07) is 9.33. The number of nitrogens with one attached hydrogen (secondary N) is 1. The quantitative estimate of drug-likeness (QED) is 0.688. The van der Waals surface area contributed by atoms with Crippen LogP contribution in [-0.4, -0.2) is 16.1 Å². The predicted molar refractivity (Wildman–Crippen MR) is 60.1 cm³/mol. The third-order valence-corrected chi connectivity index (χ3v) is 2.03. The van der Waals surface area contributed by atoms with Gasteiger partial charge in [0.1, 0.15) is 0 Å². The Kier molecular flexibility index (Phi) is 2.70. The number of amides is 1. The Hall–Kier alpha value is -2.54. The number of nitrogens with zero attached hydrogens (tertiary/aromatic N) is 1. The average Bonchev–Trinajstić information content (AvgIpc) is 2.80. The fourth-order valence-electron chi connectivity index (χ4n) is 1.28.